The lowest BCUT2D eigenvalue weighted by atomic mass is 9.92. The standard InChI is InChI=1S/C15H22N2O2/c1-11(14(19)16-13-8-9-13)17-15(2,10-18)12-6-4-3-5-7-12/h3-7,11,13,17-18H,8-10H2,1-2H3,(H,16,19). The number of rotatable bonds is 6. The molecular weight excluding hydrogens is 240 g/mol. The zero-order chi connectivity index (χ0) is 13.9. The van der Waals surface area contributed by atoms with Crippen LogP contribution in [0.1, 0.15) is 32.3 Å². The Balaban J connectivity index is 2.02. The number of carbonyl (C=O) groups is 1. The first-order valence-corrected chi connectivity index (χ1v) is 6.79. The van der Waals surface area contributed by atoms with Gasteiger partial charge < -0.3 is 10.4 Å². The van der Waals surface area contributed by atoms with Crippen molar-refractivity contribution in [2.75, 3.05) is 6.61 Å². The van der Waals surface area contributed by atoms with E-state index < -0.39 is 5.54 Å². The summed E-state index contributed by atoms with van der Waals surface area (Å²) in [4.78, 5) is 12.0. The molecule has 1 fully saturated rings. The summed E-state index contributed by atoms with van der Waals surface area (Å²) in [5.74, 6) is -0.00175. The van der Waals surface area contributed by atoms with Gasteiger partial charge in [-0.15, -0.1) is 0 Å². The first kappa shape index (κ1) is 14.0. The smallest absolute Gasteiger partial charge is 0.237 e. The van der Waals surface area contributed by atoms with Crippen LogP contribution in [-0.2, 0) is 10.3 Å². The summed E-state index contributed by atoms with van der Waals surface area (Å²) in [6.07, 6.45) is 2.16. The maximum atomic E-state index is 12.0. The highest BCUT2D eigenvalue weighted by Crippen LogP contribution is 2.22. The second-order valence-electron chi connectivity index (χ2n) is 5.51. The molecule has 3 N–H and O–H groups in total. The van der Waals surface area contributed by atoms with E-state index in [1.807, 2.05) is 44.2 Å². The van der Waals surface area contributed by atoms with E-state index in [1.165, 1.54) is 0 Å². The van der Waals surface area contributed by atoms with E-state index in [-0.39, 0.29) is 18.6 Å². The Hall–Kier alpha value is -1.39. The zero-order valence-electron chi connectivity index (χ0n) is 11.5. The van der Waals surface area contributed by atoms with Crippen LogP contribution in [0.2, 0.25) is 0 Å². The molecule has 0 spiro atoms. The highest BCUT2D eigenvalue weighted by molar-refractivity contribution is 5.82. The number of amides is 1. The lowest BCUT2D eigenvalue weighted by molar-refractivity contribution is -0.123. The maximum Gasteiger partial charge on any atom is 0.237 e. The van der Waals surface area contributed by atoms with Gasteiger partial charge in [-0.3, -0.25) is 10.1 Å². The van der Waals surface area contributed by atoms with Crippen molar-refractivity contribution in [3.63, 3.8) is 0 Å². The van der Waals surface area contributed by atoms with Crippen LogP contribution in [0, 0.1) is 0 Å². The molecule has 0 saturated heterocycles. The third-order valence-corrected chi connectivity index (χ3v) is 3.58. The molecule has 0 aromatic heterocycles. The van der Waals surface area contributed by atoms with Gasteiger partial charge in [-0.25, -0.2) is 0 Å². The number of benzene rings is 1. The fraction of sp³-hybridized carbons (Fsp3) is 0.533. The van der Waals surface area contributed by atoms with Crippen LogP contribution in [0.25, 0.3) is 0 Å². The quantitative estimate of drug-likeness (QED) is 0.721. The van der Waals surface area contributed by atoms with Crippen LogP contribution < -0.4 is 10.6 Å². The Morgan fingerprint density at radius 2 is 2.05 bits per heavy atom. The molecule has 1 saturated carbocycles. The van der Waals surface area contributed by atoms with E-state index in [4.69, 9.17) is 0 Å². The van der Waals surface area contributed by atoms with E-state index in [2.05, 4.69) is 10.6 Å². The minimum atomic E-state index is -0.610. The number of hydrogen-bond acceptors (Lipinski definition) is 3. The highest BCUT2D eigenvalue weighted by atomic mass is 16.3. The van der Waals surface area contributed by atoms with Crippen LogP contribution in [0.15, 0.2) is 30.3 Å². The molecule has 1 aromatic carbocycles. The Bertz CT molecular complexity index is 431. The van der Waals surface area contributed by atoms with Gasteiger partial charge in [0.2, 0.25) is 5.91 Å². The molecule has 0 heterocycles. The van der Waals surface area contributed by atoms with Crippen molar-refractivity contribution in [2.24, 2.45) is 0 Å². The lowest BCUT2D eigenvalue weighted by Gasteiger charge is -2.32. The van der Waals surface area contributed by atoms with E-state index >= 15 is 0 Å². The molecule has 1 aliphatic carbocycles. The van der Waals surface area contributed by atoms with Gasteiger partial charge in [-0.1, -0.05) is 30.3 Å². The van der Waals surface area contributed by atoms with Crippen molar-refractivity contribution < 1.29 is 9.90 Å². The average Bonchev–Trinajstić information content (AvgIpc) is 3.23. The van der Waals surface area contributed by atoms with Gasteiger partial charge in [0.15, 0.2) is 0 Å². The van der Waals surface area contributed by atoms with Gasteiger partial charge in [0.25, 0.3) is 0 Å². The zero-order valence-corrected chi connectivity index (χ0v) is 11.5. The monoisotopic (exact) mass is 262 g/mol. The van der Waals surface area contributed by atoms with Crippen LogP contribution in [0.4, 0.5) is 0 Å². The number of carbonyl (C=O) groups excluding carboxylic acids is 1. The Morgan fingerprint density at radius 3 is 2.58 bits per heavy atom. The molecule has 19 heavy (non-hydrogen) atoms. The molecular formula is C15H22N2O2. The molecule has 1 aliphatic rings. The maximum absolute atomic E-state index is 12.0. The highest BCUT2D eigenvalue weighted by Gasteiger charge is 2.31. The van der Waals surface area contributed by atoms with E-state index in [0.717, 1.165) is 18.4 Å². The number of aliphatic hydroxyl groups is 1. The molecule has 2 atom stereocenters. The predicted molar refractivity (Wildman–Crippen MR) is 74.6 cm³/mol. The summed E-state index contributed by atoms with van der Waals surface area (Å²) in [5.41, 5.74) is 0.366. The van der Waals surface area contributed by atoms with Crippen molar-refractivity contribution in [3.05, 3.63) is 35.9 Å². The number of nitrogens with one attached hydrogen (secondary N) is 2. The summed E-state index contributed by atoms with van der Waals surface area (Å²) in [7, 11) is 0. The molecule has 1 amide bonds. The summed E-state index contributed by atoms with van der Waals surface area (Å²) in [5, 5.41) is 15.9. The summed E-state index contributed by atoms with van der Waals surface area (Å²) in [6, 6.07) is 9.72. The number of aliphatic hydroxyl groups excluding tert-OH is 1. The van der Waals surface area contributed by atoms with Crippen molar-refractivity contribution in [2.45, 2.75) is 44.3 Å². The van der Waals surface area contributed by atoms with Crippen LogP contribution in [0.5, 0.6) is 0 Å². The van der Waals surface area contributed by atoms with Crippen molar-refractivity contribution in [3.8, 4) is 0 Å². The van der Waals surface area contributed by atoms with E-state index in [1.54, 1.807) is 0 Å². The van der Waals surface area contributed by atoms with Gasteiger partial charge in [0.05, 0.1) is 18.2 Å². The minimum Gasteiger partial charge on any atom is -0.394 e. The molecule has 0 radical (unpaired) electrons. The molecule has 2 rings (SSSR count). The normalized spacial score (nSPS) is 19.5. The van der Waals surface area contributed by atoms with Crippen LogP contribution in [-0.4, -0.2) is 29.7 Å². The largest absolute Gasteiger partial charge is 0.394 e. The van der Waals surface area contributed by atoms with Crippen LogP contribution in [0.3, 0.4) is 0 Å². The van der Waals surface area contributed by atoms with E-state index in [9.17, 15) is 9.90 Å². The molecule has 2 unspecified atom stereocenters. The van der Waals surface area contributed by atoms with Gasteiger partial charge in [0, 0.05) is 6.04 Å². The van der Waals surface area contributed by atoms with Gasteiger partial charge >= 0.3 is 0 Å². The fourth-order valence-electron chi connectivity index (χ4n) is 2.12. The summed E-state index contributed by atoms with van der Waals surface area (Å²) in [6.45, 7) is 3.68. The third kappa shape index (κ3) is 3.55. The number of hydrogen-bond donors (Lipinski definition) is 3. The Morgan fingerprint density at radius 1 is 1.42 bits per heavy atom. The van der Waals surface area contributed by atoms with Crippen molar-refractivity contribution in [1.29, 1.82) is 0 Å². The van der Waals surface area contributed by atoms with Gasteiger partial charge in [-0.2, -0.15) is 0 Å². The molecule has 0 bridgehead atoms. The molecule has 104 valence electrons. The molecule has 4 heteroatoms. The lowest BCUT2D eigenvalue weighted by Crippen LogP contribution is -2.53. The summed E-state index contributed by atoms with van der Waals surface area (Å²) < 4.78 is 0. The second kappa shape index (κ2) is 5.72. The van der Waals surface area contributed by atoms with E-state index in [0.29, 0.717) is 6.04 Å². The molecule has 4 nitrogen and oxygen atoms in total. The van der Waals surface area contributed by atoms with Crippen molar-refractivity contribution in [1.82, 2.24) is 10.6 Å². The molecule has 0 aliphatic heterocycles. The first-order valence-electron chi connectivity index (χ1n) is 6.79. The SMILES string of the molecule is CC(NC(C)(CO)c1ccccc1)C(=O)NC1CC1. The third-order valence-electron chi connectivity index (χ3n) is 3.58. The molecule has 1 aromatic rings. The Labute approximate surface area is 114 Å². The minimum absolute atomic E-state index is 0.00175. The predicted octanol–water partition coefficient (Wildman–Crippen LogP) is 1.15. The summed E-state index contributed by atoms with van der Waals surface area (Å²) >= 11 is 0. The van der Waals surface area contributed by atoms with Crippen LogP contribution >= 0.6 is 0 Å². The van der Waals surface area contributed by atoms with Crippen molar-refractivity contribution >= 4 is 5.91 Å². The fourth-order valence-corrected chi connectivity index (χ4v) is 2.12. The van der Waals surface area contributed by atoms with Gasteiger partial charge in [-0.05, 0) is 32.3 Å². The Kier molecular flexibility index (Phi) is 4.22. The topological polar surface area (TPSA) is 61.4 Å². The van der Waals surface area contributed by atoms with Gasteiger partial charge in [0.1, 0.15) is 0 Å². The first-order chi connectivity index (χ1) is 9.05. The average molecular weight is 262 g/mol. The second-order valence-corrected chi connectivity index (χ2v) is 5.51.